The summed E-state index contributed by atoms with van der Waals surface area (Å²) in [6.45, 7) is -0.0283. The summed E-state index contributed by atoms with van der Waals surface area (Å²) in [5.74, 6) is -0.235. The Bertz CT molecular complexity index is 1210. The average molecular weight is 454 g/mol. The number of anilines is 1. The summed E-state index contributed by atoms with van der Waals surface area (Å²) in [5.41, 5.74) is 2.64. The van der Waals surface area contributed by atoms with Gasteiger partial charge in [-0.3, -0.25) is 25.0 Å². The second-order valence-electron chi connectivity index (χ2n) is 6.31. The molecule has 162 valence electrons. The van der Waals surface area contributed by atoms with E-state index in [9.17, 15) is 19.7 Å². The molecule has 2 heterocycles. The van der Waals surface area contributed by atoms with Crippen LogP contribution in [0.15, 0.2) is 47.6 Å². The second kappa shape index (κ2) is 9.18. The topological polar surface area (TPSA) is 158 Å². The van der Waals surface area contributed by atoms with Crippen molar-refractivity contribution in [1.82, 2.24) is 15.6 Å². The molecule has 1 aromatic heterocycles. The molecule has 0 saturated heterocycles. The number of ether oxygens (including phenoxy) is 2. The van der Waals surface area contributed by atoms with Gasteiger partial charge in [-0.1, -0.05) is 29.5 Å². The minimum atomic E-state index is -0.586. The van der Waals surface area contributed by atoms with Gasteiger partial charge in [-0.25, -0.2) is 5.43 Å². The number of nitro groups is 1. The van der Waals surface area contributed by atoms with E-state index in [4.69, 9.17) is 9.47 Å². The van der Waals surface area contributed by atoms with Gasteiger partial charge < -0.3 is 9.47 Å². The average Bonchev–Trinajstić information content (AvgIpc) is 3.42. The Labute approximate surface area is 184 Å². The molecule has 12 nitrogen and oxygen atoms in total. The van der Waals surface area contributed by atoms with Crippen LogP contribution >= 0.6 is 11.3 Å². The number of amides is 2. The predicted octanol–water partition coefficient (Wildman–Crippen LogP) is 2.12. The van der Waals surface area contributed by atoms with E-state index in [0.29, 0.717) is 16.3 Å². The number of nitro benzene ring substituents is 1. The molecular weight excluding hydrogens is 440 g/mol. The molecule has 0 unspecified atom stereocenters. The standard InChI is InChI=1S/C19H14N6O6S/c26-16(8-17-23-24-19(32-17)21-18(27)11-4-2-1-3-5-11)22-20-9-12-6-14-15(31-10-30-14)7-13(12)25(28)29/h1-7,9H,8,10H2,(H,22,26)(H,21,24,27). The van der Waals surface area contributed by atoms with Gasteiger partial charge in [0.2, 0.25) is 17.8 Å². The van der Waals surface area contributed by atoms with Gasteiger partial charge in [0.25, 0.3) is 11.6 Å². The number of rotatable bonds is 7. The summed E-state index contributed by atoms with van der Waals surface area (Å²) in [5, 5.41) is 25.9. The first-order valence-electron chi connectivity index (χ1n) is 9.08. The summed E-state index contributed by atoms with van der Waals surface area (Å²) in [4.78, 5) is 34.9. The Morgan fingerprint density at radius 2 is 1.94 bits per heavy atom. The van der Waals surface area contributed by atoms with Gasteiger partial charge in [0.1, 0.15) is 5.01 Å². The molecule has 0 spiro atoms. The van der Waals surface area contributed by atoms with Crippen LogP contribution in [0, 0.1) is 10.1 Å². The molecule has 2 aromatic carbocycles. The van der Waals surface area contributed by atoms with Gasteiger partial charge in [-0.05, 0) is 18.2 Å². The highest BCUT2D eigenvalue weighted by molar-refractivity contribution is 7.15. The van der Waals surface area contributed by atoms with E-state index in [-0.39, 0.29) is 41.3 Å². The molecule has 2 N–H and O–H groups in total. The minimum Gasteiger partial charge on any atom is -0.454 e. The fourth-order valence-electron chi connectivity index (χ4n) is 2.69. The molecule has 0 bridgehead atoms. The number of hydrogen-bond acceptors (Lipinski definition) is 10. The van der Waals surface area contributed by atoms with Crippen LogP contribution in [0.5, 0.6) is 11.5 Å². The van der Waals surface area contributed by atoms with Crippen LogP contribution in [0.1, 0.15) is 20.9 Å². The van der Waals surface area contributed by atoms with Crippen LogP contribution in [0.3, 0.4) is 0 Å². The van der Waals surface area contributed by atoms with Crippen LogP contribution in [0.4, 0.5) is 10.8 Å². The van der Waals surface area contributed by atoms with Gasteiger partial charge in [-0.15, -0.1) is 10.2 Å². The summed E-state index contributed by atoms with van der Waals surface area (Å²) in [6, 6.07) is 11.2. The number of hydrogen-bond donors (Lipinski definition) is 2. The first-order valence-corrected chi connectivity index (χ1v) is 9.90. The maximum atomic E-state index is 12.1. The first-order chi connectivity index (χ1) is 15.5. The van der Waals surface area contributed by atoms with Gasteiger partial charge in [0.15, 0.2) is 11.5 Å². The van der Waals surface area contributed by atoms with Gasteiger partial charge in [0.05, 0.1) is 29.2 Å². The number of hydrazone groups is 1. The van der Waals surface area contributed by atoms with Gasteiger partial charge in [0, 0.05) is 5.56 Å². The Morgan fingerprint density at radius 3 is 2.69 bits per heavy atom. The predicted molar refractivity (Wildman–Crippen MR) is 113 cm³/mol. The third-order valence-corrected chi connectivity index (χ3v) is 4.99. The van der Waals surface area contributed by atoms with E-state index in [1.165, 1.54) is 12.1 Å². The normalized spacial score (nSPS) is 12.0. The molecule has 0 atom stereocenters. The van der Waals surface area contributed by atoms with Crippen molar-refractivity contribution in [2.45, 2.75) is 6.42 Å². The van der Waals surface area contributed by atoms with E-state index in [0.717, 1.165) is 17.6 Å². The van der Waals surface area contributed by atoms with E-state index >= 15 is 0 Å². The lowest BCUT2D eigenvalue weighted by Gasteiger charge is -2.01. The van der Waals surface area contributed by atoms with Crippen molar-refractivity contribution in [3.05, 3.63) is 68.7 Å². The highest BCUT2D eigenvalue weighted by atomic mass is 32.1. The Balaban J connectivity index is 1.34. The maximum absolute atomic E-state index is 12.1. The number of carbonyl (C=O) groups excluding carboxylic acids is 2. The fraction of sp³-hybridized carbons (Fsp3) is 0.105. The number of nitrogens with one attached hydrogen (secondary N) is 2. The van der Waals surface area contributed by atoms with E-state index in [1.54, 1.807) is 30.3 Å². The Kier molecular flexibility index (Phi) is 5.98. The minimum absolute atomic E-state index is 0.0283. The molecule has 0 fully saturated rings. The highest BCUT2D eigenvalue weighted by Gasteiger charge is 2.22. The van der Waals surface area contributed by atoms with Crippen LogP contribution in [-0.4, -0.2) is 39.9 Å². The second-order valence-corrected chi connectivity index (χ2v) is 7.37. The lowest BCUT2D eigenvalue weighted by molar-refractivity contribution is -0.385. The Hall–Kier alpha value is -4.39. The number of fused-ring (bicyclic) bond motifs is 1. The van der Waals surface area contributed by atoms with Crippen molar-refractivity contribution in [2.75, 3.05) is 12.1 Å². The van der Waals surface area contributed by atoms with Crippen LogP contribution in [0.2, 0.25) is 0 Å². The van der Waals surface area contributed by atoms with Crippen molar-refractivity contribution in [1.29, 1.82) is 0 Å². The number of carbonyl (C=O) groups is 2. The summed E-state index contributed by atoms with van der Waals surface area (Å²) >= 11 is 1.05. The summed E-state index contributed by atoms with van der Waals surface area (Å²) < 4.78 is 10.3. The summed E-state index contributed by atoms with van der Waals surface area (Å²) in [7, 11) is 0. The molecule has 2 amide bonds. The summed E-state index contributed by atoms with van der Waals surface area (Å²) in [6.07, 6.45) is 1.00. The smallest absolute Gasteiger partial charge is 0.282 e. The zero-order valence-corrected chi connectivity index (χ0v) is 17.0. The van der Waals surface area contributed by atoms with Crippen molar-refractivity contribution in [2.24, 2.45) is 5.10 Å². The van der Waals surface area contributed by atoms with E-state index in [2.05, 4.69) is 26.0 Å². The van der Waals surface area contributed by atoms with Crippen LogP contribution in [0.25, 0.3) is 0 Å². The number of nitrogens with zero attached hydrogens (tertiary/aromatic N) is 4. The van der Waals surface area contributed by atoms with E-state index in [1.807, 2.05) is 0 Å². The fourth-order valence-corrected chi connectivity index (χ4v) is 3.43. The molecular formula is C19H14N6O6S. The highest BCUT2D eigenvalue weighted by Crippen LogP contribution is 2.37. The molecule has 32 heavy (non-hydrogen) atoms. The third-order valence-electron chi connectivity index (χ3n) is 4.15. The largest absolute Gasteiger partial charge is 0.454 e. The van der Waals surface area contributed by atoms with Gasteiger partial charge in [-0.2, -0.15) is 5.10 Å². The van der Waals surface area contributed by atoms with Crippen molar-refractivity contribution < 1.29 is 24.0 Å². The number of aromatic nitrogens is 2. The quantitative estimate of drug-likeness (QED) is 0.312. The van der Waals surface area contributed by atoms with Crippen molar-refractivity contribution in [3.8, 4) is 11.5 Å². The van der Waals surface area contributed by atoms with E-state index < -0.39 is 10.8 Å². The van der Waals surface area contributed by atoms with Crippen molar-refractivity contribution in [3.63, 3.8) is 0 Å². The number of benzene rings is 2. The lowest BCUT2D eigenvalue weighted by atomic mass is 10.1. The molecule has 0 saturated carbocycles. The molecule has 4 rings (SSSR count). The maximum Gasteiger partial charge on any atom is 0.282 e. The zero-order valence-electron chi connectivity index (χ0n) is 16.2. The molecule has 0 aliphatic carbocycles. The van der Waals surface area contributed by atoms with Crippen molar-refractivity contribution >= 4 is 40.2 Å². The zero-order chi connectivity index (χ0) is 22.5. The van der Waals surface area contributed by atoms with Crippen LogP contribution < -0.4 is 20.2 Å². The molecule has 13 heteroatoms. The van der Waals surface area contributed by atoms with Gasteiger partial charge >= 0.3 is 0 Å². The first kappa shape index (κ1) is 20.9. The Morgan fingerprint density at radius 1 is 1.19 bits per heavy atom. The van der Waals surface area contributed by atoms with Crippen LogP contribution in [-0.2, 0) is 11.2 Å². The monoisotopic (exact) mass is 454 g/mol. The molecule has 0 radical (unpaired) electrons. The molecule has 1 aliphatic rings. The molecule has 1 aliphatic heterocycles. The lowest BCUT2D eigenvalue weighted by Crippen LogP contribution is -2.19. The molecule has 3 aromatic rings. The third kappa shape index (κ3) is 4.84. The SMILES string of the molecule is O=C(Cc1nnc(NC(=O)c2ccccc2)s1)NN=Cc1cc2c(cc1[N+](=O)[O-])OCO2.